The Labute approximate surface area is 219 Å². The van der Waals surface area contributed by atoms with Crippen LogP contribution in [0.4, 0.5) is 13.2 Å². The molecule has 4 unspecified atom stereocenters. The van der Waals surface area contributed by atoms with Crippen LogP contribution in [-0.2, 0) is 20.9 Å². The van der Waals surface area contributed by atoms with E-state index < -0.39 is 53.6 Å². The number of aromatic nitrogens is 1. The molecule has 0 fully saturated rings. The third-order valence-corrected chi connectivity index (χ3v) is 7.52. The summed E-state index contributed by atoms with van der Waals surface area (Å²) in [4.78, 5) is 30.1. The molecule has 0 saturated heterocycles. The summed E-state index contributed by atoms with van der Waals surface area (Å²) >= 11 is 1.24. The van der Waals surface area contributed by atoms with Crippen molar-refractivity contribution in [2.75, 3.05) is 0 Å². The van der Waals surface area contributed by atoms with Crippen LogP contribution in [0.1, 0.15) is 71.0 Å². The number of hydrogen-bond acceptors (Lipinski definition) is 7. The summed E-state index contributed by atoms with van der Waals surface area (Å²) in [6.07, 6.45) is -1.73. The van der Waals surface area contributed by atoms with E-state index in [1.807, 2.05) is 0 Å². The van der Waals surface area contributed by atoms with E-state index in [1.54, 1.807) is 46.1 Å². The molecule has 2 rings (SSSR count). The van der Waals surface area contributed by atoms with Gasteiger partial charge in [0.25, 0.3) is 0 Å². The number of esters is 1. The summed E-state index contributed by atoms with van der Waals surface area (Å²) in [5.74, 6) is -2.17. The third kappa shape index (κ3) is 8.90. The van der Waals surface area contributed by atoms with Gasteiger partial charge in [-0.05, 0) is 31.4 Å². The molecule has 0 radical (unpaired) electrons. The molecule has 2 heterocycles. The van der Waals surface area contributed by atoms with E-state index in [4.69, 9.17) is 4.74 Å². The monoisotopic (exact) mass is 543 g/mol. The molecule has 1 aliphatic heterocycles. The van der Waals surface area contributed by atoms with Gasteiger partial charge in [0.15, 0.2) is 0 Å². The number of aliphatic hydroxyl groups is 2. The Morgan fingerprint density at radius 3 is 2.57 bits per heavy atom. The zero-order chi connectivity index (χ0) is 28.0. The predicted molar refractivity (Wildman–Crippen MR) is 136 cm³/mol. The van der Waals surface area contributed by atoms with Crippen molar-refractivity contribution in [2.24, 2.45) is 17.3 Å². The molecule has 0 aliphatic carbocycles. The van der Waals surface area contributed by atoms with Gasteiger partial charge in [-0.15, -0.1) is 11.3 Å². The maximum atomic E-state index is 13.7. The van der Waals surface area contributed by atoms with Gasteiger partial charge < -0.3 is 14.9 Å². The van der Waals surface area contributed by atoms with E-state index in [0.717, 1.165) is 6.08 Å². The molecule has 1 aromatic heterocycles. The first-order valence-corrected chi connectivity index (χ1v) is 13.1. The first-order valence-electron chi connectivity index (χ1n) is 12.2. The fourth-order valence-corrected chi connectivity index (χ4v) is 4.80. The van der Waals surface area contributed by atoms with Gasteiger partial charge in [-0.25, -0.2) is 4.98 Å². The summed E-state index contributed by atoms with van der Waals surface area (Å²) in [7, 11) is 0. The Morgan fingerprint density at radius 2 is 1.97 bits per heavy atom. The Balaban J connectivity index is 2.45. The van der Waals surface area contributed by atoms with Crippen LogP contribution in [0, 0.1) is 17.3 Å². The molecule has 10 heteroatoms. The van der Waals surface area contributed by atoms with Crippen molar-refractivity contribution < 1.29 is 37.7 Å². The average Bonchev–Trinajstić information content (AvgIpc) is 3.28. The minimum atomic E-state index is -4.60. The van der Waals surface area contributed by atoms with E-state index >= 15 is 0 Å². The molecule has 2 N–H and O–H groups in total. The number of alkyl halides is 3. The zero-order valence-corrected chi connectivity index (χ0v) is 22.7. The highest BCUT2D eigenvalue weighted by molar-refractivity contribution is 7.09. The van der Waals surface area contributed by atoms with Gasteiger partial charge in [-0.2, -0.15) is 13.2 Å². The van der Waals surface area contributed by atoms with Crippen LogP contribution < -0.4 is 0 Å². The molecule has 1 aromatic rings. The highest BCUT2D eigenvalue weighted by Gasteiger charge is 2.37. The SMILES string of the molecule is C/C(=C\c1csc(CO)n1)C1C/C=C(/C(F)(F)F)C/C=C/C(C)C(O)C(C)C(=O)C(C)(C)CCC(=O)O1. The number of ether oxygens (including phenoxy) is 1. The van der Waals surface area contributed by atoms with Gasteiger partial charge in [-0.1, -0.05) is 45.9 Å². The maximum absolute atomic E-state index is 13.7. The van der Waals surface area contributed by atoms with Crippen molar-refractivity contribution in [2.45, 2.75) is 85.3 Å². The summed E-state index contributed by atoms with van der Waals surface area (Å²) < 4.78 is 46.9. The molecular formula is C27H36F3NO5S. The lowest BCUT2D eigenvalue weighted by atomic mass is 9.75. The van der Waals surface area contributed by atoms with E-state index in [1.165, 1.54) is 23.5 Å². The largest absolute Gasteiger partial charge is 0.457 e. The summed E-state index contributed by atoms with van der Waals surface area (Å²) in [5.41, 5.74) is -0.706. The first-order chi connectivity index (χ1) is 17.2. The highest BCUT2D eigenvalue weighted by Crippen LogP contribution is 2.33. The summed E-state index contributed by atoms with van der Waals surface area (Å²) in [6.45, 7) is 8.07. The number of thiazole rings is 1. The Kier molecular flexibility index (Phi) is 10.8. The van der Waals surface area contributed by atoms with Crippen molar-refractivity contribution >= 4 is 29.2 Å². The van der Waals surface area contributed by atoms with Crippen molar-refractivity contribution in [3.8, 4) is 0 Å². The van der Waals surface area contributed by atoms with Crippen LogP contribution in [-0.4, -0.2) is 45.3 Å². The summed E-state index contributed by atoms with van der Waals surface area (Å²) in [6, 6.07) is 0. The normalized spacial score (nSPS) is 29.4. The number of nitrogens with zero attached hydrogens (tertiary/aromatic N) is 1. The Morgan fingerprint density at radius 1 is 1.30 bits per heavy atom. The lowest BCUT2D eigenvalue weighted by Gasteiger charge is -2.30. The molecule has 0 bridgehead atoms. The minimum absolute atomic E-state index is 0.109. The van der Waals surface area contributed by atoms with Crippen LogP contribution in [0.2, 0.25) is 0 Å². The van der Waals surface area contributed by atoms with Crippen LogP contribution in [0.5, 0.6) is 0 Å². The fourth-order valence-electron chi connectivity index (χ4n) is 4.19. The minimum Gasteiger partial charge on any atom is -0.457 e. The number of aliphatic hydroxyl groups excluding tert-OH is 2. The van der Waals surface area contributed by atoms with Crippen LogP contribution in [0.3, 0.4) is 0 Å². The quantitative estimate of drug-likeness (QED) is 0.370. The number of halogens is 3. The highest BCUT2D eigenvalue weighted by atomic mass is 32.1. The topological polar surface area (TPSA) is 96.7 Å². The van der Waals surface area contributed by atoms with E-state index in [0.29, 0.717) is 16.3 Å². The molecule has 1 aliphatic rings. The molecule has 0 aromatic carbocycles. The Hall–Kier alpha value is -2.30. The number of rotatable bonds is 3. The van der Waals surface area contributed by atoms with Crippen molar-refractivity contribution in [3.05, 3.63) is 45.5 Å². The lowest BCUT2D eigenvalue weighted by Crippen LogP contribution is -2.38. The molecular weight excluding hydrogens is 507 g/mol. The van der Waals surface area contributed by atoms with Gasteiger partial charge in [0.05, 0.1) is 18.4 Å². The molecule has 6 nitrogen and oxygen atoms in total. The predicted octanol–water partition coefficient (Wildman–Crippen LogP) is 5.80. The standard InChI is InChI=1S/C27H36F3NO5S/c1-16-7-6-8-19(27(28,29)30)9-10-21(17(2)13-20-15-37-22(14-32)31-20)36-23(33)11-12-26(4,5)25(35)18(3)24(16)34/h6-7,9,13,15-16,18,21,24,32,34H,8,10-12,14H2,1-5H3/b7-6+,17-13+,19-9+. The second kappa shape index (κ2) is 13.0. The van der Waals surface area contributed by atoms with Gasteiger partial charge in [0.2, 0.25) is 0 Å². The number of carbonyl (C=O) groups excluding carboxylic acids is 2. The fraction of sp³-hybridized carbons (Fsp3) is 0.593. The van der Waals surface area contributed by atoms with Crippen LogP contribution in [0.25, 0.3) is 6.08 Å². The molecule has 37 heavy (non-hydrogen) atoms. The van der Waals surface area contributed by atoms with Crippen LogP contribution in [0.15, 0.2) is 34.8 Å². The second-order valence-electron chi connectivity index (χ2n) is 10.2. The van der Waals surface area contributed by atoms with Gasteiger partial charge in [0, 0.05) is 41.0 Å². The number of carbonyl (C=O) groups is 2. The maximum Gasteiger partial charge on any atom is 0.412 e. The van der Waals surface area contributed by atoms with Gasteiger partial charge >= 0.3 is 12.1 Å². The van der Waals surface area contributed by atoms with E-state index in [-0.39, 0.29) is 31.7 Å². The molecule has 0 amide bonds. The zero-order valence-electron chi connectivity index (χ0n) is 21.8. The molecule has 0 spiro atoms. The smallest absolute Gasteiger partial charge is 0.412 e. The number of cyclic esters (lactones) is 1. The van der Waals surface area contributed by atoms with E-state index in [2.05, 4.69) is 4.98 Å². The number of allylic oxidation sites excluding steroid dienone is 2. The third-order valence-electron chi connectivity index (χ3n) is 6.67. The van der Waals surface area contributed by atoms with Crippen molar-refractivity contribution in [1.29, 1.82) is 0 Å². The number of Topliss-reactive ketones (excluding diaryl/α,β-unsaturated/α-hetero) is 1. The van der Waals surface area contributed by atoms with E-state index in [9.17, 15) is 33.0 Å². The lowest BCUT2D eigenvalue weighted by molar-refractivity contribution is -0.148. The van der Waals surface area contributed by atoms with Gasteiger partial charge in [0.1, 0.15) is 16.9 Å². The first kappa shape index (κ1) is 30.9. The Bertz CT molecular complexity index is 1040. The number of hydrogen-bond donors (Lipinski definition) is 2. The van der Waals surface area contributed by atoms with Crippen molar-refractivity contribution in [3.63, 3.8) is 0 Å². The van der Waals surface area contributed by atoms with Crippen molar-refractivity contribution in [1.82, 2.24) is 4.98 Å². The summed E-state index contributed by atoms with van der Waals surface area (Å²) in [5, 5.41) is 22.1. The molecule has 4 atom stereocenters. The number of ketones is 1. The molecule has 206 valence electrons. The average molecular weight is 544 g/mol. The second-order valence-corrected chi connectivity index (χ2v) is 11.1. The van der Waals surface area contributed by atoms with Gasteiger partial charge in [-0.3, -0.25) is 9.59 Å². The van der Waals surface area contributed by atoms with Crippen LogP contribution >= 0.6 is 11.3 Å². The molecule has 0 saturated carbocycles.